The predicted octanol–water partition coefficient (Wildman–Crippen LogP) is -0.920. The Morgan fingerprint density at radius 1 is 1.00 bits per heavy atom. The van der Waals surface area contributed by atoms with Crippen LogP contribution in [0.4, 0.5) is 4.79 Å². The number of carboxylic acids is 3. The third-order valence-electron chi connectivity index (χ3n) is 2.18. The SMILES string of the molecule is C#CC[C@H](NC(=O)N[C@@H](CCC(=O)O)C(=O)O)C(=O)O. The lowest BCUT2D eigenvalue weighted by atomic mass is 10.1. The monoisotopic (exact) mass is 286 g/mol. The fraction of sp³-hybridized carbons (Fsp3) is 0.455. The second-order valence-corrected chi connectivity index (χ2v) is 3.74. The van der Waals surface area contributed by atoms with E-state index in [2.05, 4.69) is 5.92 Å². The molecule has 0 aromatic heterocycles. The number of hydrogen-bond acceptors (Lipinski definition) is 4. The first-order valence-corrected chi connectivity index (χ1v) is 5.45. The van der Waals surface area contributed by atoms with E-state index in [-0.39, 0.29) is 12.8 Å². The summed E-state index contributed by atoms with van der Waals surface area (Å²) in [5.74, 6) is -1.95. The van der Waals surface area contributed by atoms with E-state index >= 15 is 0 Å². The maximum Gasteiger partial charge on any atom is 0.327 e. The van der Waals surface area contributed by atoms with Crippen molar-refractivity contribution in [1.29, 1.82) is 0 Å². The van der Waals surface area contributed by atoms with E-state index in [1.54, 1.807) is 0 Å². The fourth-order valence-corrected chi connectivity index (χ4v) is 1.20. The molecule has 0 aromatic carbocycles. The molecule has 0 aliphatic heterocycles. The van der Waals surface area contributed by atoms with Gasteiger partial charge < -0.3 is 26.0 Å². The summed E-state index contributed by atoms with van der Waals surface area (Å²) >= 11 is 0. The van der Waals surface area contributed by atoms with E-state index in [1.165, 1.54) is 0 Å². The molecular weight excluding hydrogens is 272 g/mol. The van der Waals surface area contributed by atoms with Crippen molar-refractivity contribution in [2.45, 2.75) is 31.3 Å². The Morgan fingerprint density at radius 2 is 1.50 bits per heavy atom. The second-order valence-electron chi connectivity index (χ2n) is 3.74. The minimum atomic E-state index is -1.44. The van der Waals surface area contributed by atoms with E-state index in [1.807, 2.05) is 10.6 Å². The minimum absolute atomic E-state index is 0.268. The number of carboxylic acid groups (broad SMARTS) is 3. The third kappa shape index (κ3) is 6.85. The average molecular weight is 286 g/mol. The molecule has 2 amide bonds. The van der Waals surface area contributed by atoms with Gasteiger partial charge in [-0.2, -0.15) is 0 Å². The van der Waals surface area contributed by atoms with Gasteiger partial charge in [0.25, 0.3) is 0 Å². The second kappa shape index (κ2) is 8.36. The van der Waals surface area contributed by atoms with Gasteiger partial charge in [0.05, 0.1) is 0 Å². The average Bonchev–Trinajstić information content (AvgIpc) is 2.33. The summed E-state index contributed by atoms with van der Waals surface area (Å²) in [6.07, 6.45) is 3.88. The van der Waals surface area contributed by atoms with E-state index < -0.39 is 42.4 Å². The highest BCUT2D eigenvalue weighted by Crippen LogP contribution is 1.99. The molecular formula is C11H14N2O7. The molecule has 9 nitrogen and oxygen atoms in total. The Labute approximate surface area is 114 Å². The van der Waals surface area contributed by atoms with Crippen molar-refractivity contribution in [3.63, 3.8) is 0 Å². The smallest absolute Gasteiger partial charge is 0.327 e. The van der Waals surface area contributed by atoms with Crippen LogP contribution in [-0.2, 0) is 14.4 Å². The maximum atomic E-state index is 11.4. The van der Waals surface area contributed by atoms with Gasteiger partial charge in [-0.1, -0.05) is 0 Å². The van der Waals surface area contributed by atoms with Crippen molar-refractivity contribution in [2.75, 3.05) is 0 Å². The van der Waals surface area contributed by atoms with Crippen LogP contribution in [0.15, 0.2) is 0 Å². The van der Waals surface area contributed by atoms with Crippen LogP contribution in [0.1, 0.15) is 19.3 Å². The molecule has 0 aliphatic carbocycles. The quantitative estimate of drug-likeness (QED) is 0.361. The summed E-state index contributed by atoms with van der Waals surface area (Å²) in [5, 5.41) is 29.9. The molecule has 0 heterocycles. The first-order chi connectivity index (χ1) is 9.27. The van der Waals surface area contributed by atoms with Crippen LogP contribution in [0.5, 0.6) is 0 Å². The van der Waals surface area contributed by atoms with Crippen molar-refractivity contribution in [1.82, 2.24) is 10.6 Å². The molecule has 0 saturated carbocycles. The number of terminal acetylenes is 1. The summed E-state index contributed by atoms with van der Waals surface area (Å²) in [4.78, 5) is 43.3. The zero-order chi connectivity index (χ0) is 15.7. The number of rotatable bonds is 8. The van der Waals surface area contributed by atoms with Crippen LogP contribution < -0.4 is 10.6 Å². The number of amides is 2. The minimum Gasteiger partial charge on any atom is -0.481 e. The molecule has 0 radical (unpaired) electrons. The number of carbonyl (C=O) groups excluding carboxylic acids is 1. The number of aliphatic carboxylic acids is 3. The van der Waals surface area contributed by atoms with Gasteiger partial charge in [0.2, 0.25) is 0 Å². The van der Waals surface area contributed by atoms with E-state index in [4.69, 9.17) is 21.7 Å². The van der Waals surface area contributed by atoms with Gasteiger partial charge in [0.1, 0.15) is 12.1 Å². The van der Waals surface area contributed by atoms with Crippen LogP contribution >= 0.6 is 0 Å². The highest BCUT2D eigenvalue weighted by molar-refractivity contribution is 5.86. The Hall–Kier alpha value is -2.76. The number of hydrogen-bond donors (Lipinski definition) is 5. The van der Waals surface area contributed by atoms with Crippen molar-refractivity contribution in [3.05, 3.63) is 0 Å². The lowest BCUT2D eigenvalue weighted by molar-refractivity contribution is -0.140. The summed E-state index contributed by atoms with van der Waals surface area (Å²) < 4.78 is 0. The van der Waals surface area contributed by atoms with Crippen LogP contribution in [0.25, 0.3) is 0 Å². The van der Waals surface area contributed by atoms with Gasteiger partial charge in [-0.25, -0.2) is 14.4 Å². The lowest BCUT2D eigenvalue weighted by Gasteiger charge is -2.16. The van der Waals surface area contributed by atoms with Crippen molar-refractivity contribution in [2.24, 2.45) is 0 Å². The maximum absolute atomic E-state index is 11.4. The molecule has 0 spiro atoms. The molecule has 2 atom stereocenters. The van der Waals surface area contributed by atoms with Gasteiger partial charge in [-0.3, -0.25) is 4.79 Å². The highest BCUT2D eigenvalue weighted by Gasteiger charge is 2.24. The number of carbonyl (C=O) groups is 4. The highest BCUT2D eigenvalue weighted by atomic mass is 16.4. The third-order valence-corrected chi connectivity index (χ3v) is 2.18. The number of urea groups is 1. The molecule has 0 unspecified atom stereocenters. The zero-order valence-corrected chi connectivity index (χ0v) is 10.3. The van der Waals surface area contributed by atoms with Crippen LogP contribution in [0.3, 0.4) is 0 Å². The Balaban J connectivity index is 4.52. The summed E-state index contributed by atoms with van der Waals surface area (Å²) in [6, 6.07) is -3.84. The first-order valence-electron chi connectivity index (χ1n) is 5.45. The lowest BCUT2D eigenvalue weighted by Crippen LogP contribution is -2.51. The Kier molecular flexibility index (Phi) is 7.21. The molecule has 0 aliphatic rings. The summed E-state index contributed by atoms with van der Waals surface area (Å²) in [6.45, 7) is 0. The topological polar surface area (TPSA) is 153 Å². The standard InChI is InChI=1S/C11H14N2O7/c1-2-3-6(9(16)17)12-11(20)13-7(10(18)19)4-5-8(14)15/h1,6-7H,3-5H2,(H,14,15)(H,16,17)(H,18,19)(H2,12,13,20)/t6-,7-/m0/s1. The van der Waals surface area contributed by atoms with E-state index in [0.29, 0.717) is 0 Å². The van der Waals surface area contributed by atoms with Crippen molar-refractivity contribution in [3.8, 4) is 12.3 Å². The normalized spacial score (nSPS) is 12.6. The summed E-state index contributed by atoms with van der Waals surface area (Å²) in [5.41, 5.74) is 0. The largest absolute Gasteiger partial charge is 0.481 e. The summed E-state index contributed by atoms with van der Waals surface area (Å²) in [7, 11) is 0. The molecule has 0 bridgehead atoms. The van der Waals surface area contributed by atoms with Gasteiger partial charge in [-0.15, -0.1) is 12.3 Å². The van der Waals surface area contributed by atoms with Crippen LogP contribution in [0.2, 0.25) is 0 Å². The van der Waals surface area contributed by atoms with E-state index in [9.17, 15) is 19.2 Å². The molecule has 5 N–H and O–H groups in total. The van der Waals surface area contributed by atoms with Gasteiger partial charge >= 0.3 is 23.9 Å². The van der Waals surface area contributed by atoms with Gasteiger partial charge in [0.15, 0.2) is 0 Å². The Bertz CT molecular complexity index is 441. The number of nitrogens with one attached hydrogen (secondary N) is 2. The molecule has 20 heavy (non-hydrogen) atoms. The van der Waals surface area contributed by atoms with E-state index in [0.717, 1.165) is 0 Å². The molecule has 0 saturated heterocycles. The predicted molar refractivity (Wildman–Crippen MR) is 64.8 cm³/mol. The van der Waals surface area contributed by atoms with Crippen molar-refractivity contribution >= 4 is 23.9 Å². The molecule has 0 rings (SSSR count). The zero-order valence-electron chi connectivity index (χ0n) is 10.3. The molecule has 0 aromatic rings. The fourth-order valence-electron chi connectivity index (χ4n) is 1.20. The van der Waals surface area contributed by atoms with Crippen LogP contribution in [-0.4, -0.2) is 51.3 Å². The first kappa shape index (κ1) is 17.2. The van der Waals surface area contributed by atoms with Crippen LogP contribution in [0, 0.1) is 12.3 Å². The molecule has 110 valence electrons. The molecule has 0 fully saturated rings. The van der Waals surface area contributed by atoms with Crippen molar-refractivity contribution < 1.29 is 34.5 Å². The molecule has 9 heteroatoms. The Morgan fingerprint density at radius 3 is 1.90 bits per heavy atom. The van der Waals surface area contributed by atoms with Gasteiger partial charge in [-0.05, 0) is 6.42 Å². The van der Waals surface area contributed by atoms with Gasteiger partial charge in [0, 0.05) is 12.8 Å².